The van der Waals surface area contributed by atoms with Crippen LogP contribution in [-0.2, 0) is 22.2 Å². The lowest BCUT2D eigenvalue weighted by molar-refractivity contribution is -0.139. The van der Waals surface area contributed by atoms with Crippen molar-refractivity contribution in [3.63, 3.8) is 0 Å². The number of primary amides is 1. The van der Waals surface area contributed by atoms with Crippen molar-refractivity contribution in [2.24, 2.45) is 5.73 Å². The van der Waals surface area contributed by atoms with Crippen molar-refractivity contribution in [3.8, 4) is 6.07 Å². The molecule has 3 rings (SSSR count). The Morgan fingerprint density at radius 1 is 1.19 bits per heavy atom. The lowest BCUT2D eigenvalue weighted by Gasteiger charge is -2.41. The molecule has 9 heteroatoms. The summed E-state index contributed by atoms with van der Waals surface area (Å²) in [6.45, 7) is 2.25. The van der Waals surface area contributed by atoms with E-state index in [4.69, 9.17) is 11.0 Å². The zero-order valence-corrected chi connectivity index (χ0v) is 16.8. The molecule has 162 valence electrons. The number of hydrogen-bond acceptors (Lipinski definition) is 4. The van der Waals surface area contributed by atoms with Crippen LogP contribution in [0.5, 0.6) is 0 Å². The predicted molar refractivity (Wildman–Crippen MR) is 108 cm³/mol. The van der Waals surface area contributed by atoms with Gasteiger partial charge in [-0.15, -0.1) is 0 Å². The molecule has 1 aliphatic rings. The highest BCUT2D eigenvalue weighted by Gasteiger charge is 2.37. The summed E-state index contributed by atoms with van der Waals surface area (Å²) in [5.41, 5.74) is 6.01. The van der Waals surface area contributed by atoms with Gasteiger partial charge in [0.05, 0.1) is 23.6 Å². The van der Waals surface area contributed by atoms with E-state index in [1.165, 1.54) is 11.0 Å². The van der Waals surface area contributed by atoms with Crippen molar-refractivity contribution < 1.29 is 22.8 Å². The molecule has 0 saturated carbocycles. The van der Waals surface area contributed by atoms with Gasteiger partial charge in [-0.1, -0.05) is 29.8 Å². The Morgan fingerprint density at radius 2 is 1.94 bits per heavy atom. The van der Waals surface area contributed by atoms with Crippen molar-refractivity contribution in [1.29, 1.82) is 5.26 Å². The van der Waals surface area contributed by atoms with Gasteiger partial charge in [0.25, 0.3) is 0 Å². The van der Waals surface area contributed by atoms with Gasteiger partial charge >= 0.3 is 6.18 Å². The molecule has 0 spiro atoms. The molecule has 1 heterocycles. The number of piperazine rings is 1. The predicted octanol–water partition coefficient (Wildman–Crippen LogP) is 2.63. The number of carbonyl (C=O) groups is 2. The minimum atomic E-state index is -4.68. The van der Waals surface area contributed by atoms with Gasteiger partial charge in [0.15, 0.2) is 0 Å². The van der Waals surface area contributed by atoms with E-state index in [0.29, 0.717) is 0 Å². The van der Waals surface area contributed by atoms with Gasteiger partial charge in [0, 0.05) is 25.3 Å². The van der Waals surface area contributed by atoms with E-state index in [-0.39, 0.29) is 37.6 Å². The van der Waals surface area contributed by atoms with Gasteiger partial charge in [0.1, 0.15) is 6.04 Å². The molecule has 1 fully saturated rings. The van der Waals surface area contributed by atoms with E-state index in [1.54, 1.807) is 11.0 Å². The zero-order chi connectivity index (χ0) is 22.8. The minimum absolute atomic E-state index is 0.0297. The standard InChI is InChI=1S/C22H21F3N4O2/c1-14-3-2-4-15(9-14)10-20(30)29-8-7-28(13-19(29)21(27)31)17-6-5-16(12-26)18(11-17)22(23,24)25/h2-6,9,11,19H,7-8,10,13H2,1H3,(H2,27,31). The van der Waals surface area contributed by atoms with Crippen LogP contribution in [0.15, 0.2) is 42.5 Å². The van der Waals surface area contributed by atoms with Crippen LogP contribution in [-0.4, -0.2) is 42.4 Å². The van der Waals surface area contributed by atoms with Crippen LogP contribution in [0.1, 0.15) is 22.3 Å². The normalized spacial score (nSPS) is 16.7. The minimum Gasteiger partial charge on any atom is -0.368 e. The van der Waals surface area contributed by atoms with Crippen LogP contribution >= 0.6 is 0 Å². The van der Waals surface area contributed by atoms with Crippen LogP contribution < -0.4 is 10.6 Å². The number of aryl methyl sites for hydroxylation is 1. The Balaban J connectivity index is 1.81. The maximum absolute atomic E-state index is 13.3. The molecule has 1 unspecified atom stereocenters. The van der Waals surface area contributed by atoms with E-state index in [9.17, 15) is 22.8 Å². The van der Waals surface area contributed by atoms with Gasteiger partial charge in [-0.2, -0.15) is 18.4 Å². The lowest BCUT2D eigenvalue weighted by atomic mass is 10.0. The van der Waals surface area contributed by atoms with Gasteiger partial charge in [-0.3, -0.25) is 9.59 Å². The van der Waals surface area contributed by atoms with Crippen molar-refractivity contribution in [3.05, 3.63) is 64.7 Å². The number of nitrogens with two attached hydrogens (primary N) is 1. The third-order valence-electron chi connectivity index (χ3n) is 5.26. The molecule has 6 nitrogen and oxygen atoms in total. The second-order valence-electron chi connectivity index (χ2n) is 7.46. The topological polar surface area (TPSA) is 90.4 Å². The first-order chi connectivity index (χ1) is 14.6. The van der Waals surface area contributed by atoms with E-state index in [1.807, 2.05) is 31.2 Å². The van der Waals surface area contributed by atoms with E-state index >= 15 is 0 Å². The number of amides is 2. The molecule has 2 aromatic rings. The zero-order valence-electron chi connectivity index (χ0n) is 16.8. The molecule has 0 aromatic heterocycles. The summed E-state index contributed by atoms with van der Waals surface area (Å²) in [6, 6.07) is 11.4. The summed E-state index contributed by atoms with van der Waals surface area (Å²) >= 11 is 0. The van der Waals surface area contributed by atoms with E-state index in [2.05, 4.69) is 0 Å². The van der Waals surface area contributed by atoms with Gasteiger partial charge < -0.3 is 15.5 Å². The van der Waals surface area contributed by atoms with Crippen LogP contribution in [0.4, 0.5) is 18.9 Å². The number of benzene rings is 2. The molecule has 1 saturated heterocycles. The van der Waals surface area contributed by atoms with Crippen LogP contribution in [0.25, 0.3) is 0 Å². The molecular formula is C22H21F3N4O2. The first-order valence-electron chi connectivity index (χ1n) is 9.61. The molecule has 1 aliphatic heterocycles. The Kier molecular flexibility index (Phi) is 6.20. The molecule has 31 heavy (non-hydrogen) atoms. The Labute approximate surface area is 177 Å². The number of anilines is 1. The number of nitrogens with zero attached hydrogens (tertiary/aromatic N) is 3. The third kappa shape index (κ3) is 4.97. The van der Waals surface area contributed by atoms with Crippen LogP contribution in [0.2, 0.25) is 0 Å². The molecule has 1 atom stereocenters. The monoisotopic (exact) mass is 430 g/mol. The maximum Gasteiger partial charge on any atom is 0.417 e. The summed E-state index contributed by atoms with van der Waals surface area (Å²) in [6.07, 6.45) is -4.59. The Hall–Kier alpha value is -3.54. The number of alkyl halides is 3. The molecule has 0 bridgehead atoms. The summed E-state index contributed by atoms with van der Waals surface area (Å²) in [7, 11) is 0. The van der Waals surface area contributed by atoms with Crippen LogP contribution in [0.3, 0.4) is 0 Å². The number of rotatable bonds is 4. The first kappa shape index (κ1) is 22.2. The first-order valence-corrected chi connectivity index (χ1v) is 9.61. The fraction of sp³-hybridized carbons (Fsp3) is 0.318. The highest BCUT2D eigenvalue weighted by Crippen LogP contribution is 2.35. The average Bonchev–Trinajstić information content (AvgIpc) is 2.72. The molecule has 2 aromatic carbocycles. The second-order valence-corrected chi connectivity index (χ2v) is 7.46. The molecular weight excluding hydrogens is 409 g/mol. The van der Waals surface area contributed by atoms with Crippen molar-refractivity contribution in [1.82, 2.24) is 4.90 Å². The average molecular weight is 430 g/mol. The number of carbonyl (C=O) groups excluding carboxylic acids is 2. The lowest BCUT2D eigenvalue weighted by Crippen LogP contribution is -2.60. The Bertz CT molecular complexity index is 1050. The molecule has 2 amide bonds. The largest absolute Gasteiger partial charge is 0.417 e. The molecule has 2 N–H and O–H groups in total. The summed E-state index contributed by atoms with van der Waals surface area (Å²) in [5.74, 6) is -1.00. The number of nitriles is 1. The second kappa shape index (κ2) is 8.68. The fourth-order valence-electron chi connectivity index (χ4n) is 3.72. The SMILES string of the molecule is Cc1cccc(CC(=O)N2CCN(c3ccc(C#N)c(C(F)(F)F)c3)CC2C(N)=O)c1. The molecule has 0 radical (unpaired) electrons. The smallest absolute Gasteiger partial charge is 0.368 e. The van der Waals surface area contributed by atoms with Crippen LogP contribution in [0, 0.1) is 18.3 Å². The molecule has 0 aliphatic carbocycles. The van der Waals surface area contributed by atoms with E-state index in [0.717, 1.165) is 23.3 Å². The van der Waals surface area contributed by atoms with Gasteiger partial charge in [-0.25, -0.2) is 0 Å². The van der Waals surface area contributed by atoms with Crippen molar-refractivity contribution in [2.45, 2.75) is 25.6 Å². The number of halogens is 3. The highest BCUT2D eigenvalue weighted by atomic mass is 19.4. The third-order valence-corrected chi connectivity index (χ3v) is 5.26. The van der Waals surface area contributed by atoms with Gasteiger partial charge in [-0.05, 0) is 30.7 Å². The summed E-state index contributed by atoms with van der Waals surface area (Å²) in [4.78, 5) is 27.8. The Morgan fingerprint density at radius 3 is 2.55 bits per heavy atom. The highest BCUT2D eigenvalue weighted by molar-refractivity contribution is 5.88. The number of hydrogen-bond donors (Lipinski definition) is 1. The van der Waals surface area contributed by atoms with E-state index < -0.39 is 29.3 Å². The maximum atomic E-state index is 13.3. The van der Waals surface area contributed by atoms with Crippen molar-refractivity contribution in [2.75, 3.05) is 24.5 Å². The summed E-state index contributed by atoms with van der Waals surface area (Å²) < 4.78 is 39.9. The quantitative estimate of drug-likeness (QED) is 0.808. The van der Waals surface area contributed by atoms with Gasteiger partial charge in [0.2, 0.25) is 11.8 Å². The fourth-order valence-corrected chi connectivity index (χ4v) is 3.72. The van der Waals surface area contributed by atoms with Crippen molar-refractivity contribution >= 4 is 17.5 Å². The summed E-state index contributed by atoms with van der Waals surface area (Å²) in [5, 5.41) is 8.96.